The molecule has 15 heavy (non-hydrogen) atoms. The maximum Gasteiger partial charge on any atom is 0.512 e. The number of aromatic nitrogens is 1. The molecule has 76 valence electrons. The number of hydrogen-bond acceptors (Lipinski definition) is 3. The van der Waals surface area contributed by atoms with Crippen LogP contribution in [0.1, 0.15) is 5.56 Å². The van der Waals surface area contributed by atoms with E-state index in [2.05, 4.69) is 9.72 Å². The molecule has 1 N–H and O–H groups in total. The Morgan fingerprint density at radius 3 is 2.87 bits per heavy atom. The van der Waals surface area contributed by atoms with E-state index in [4.69, 9.17) is 5.11 Å². The Balaban J connectivity index is 2.47. The SMILES string of the molecule is Cc1ccc2nc(OC(=O)O)ccc2c1. The molecule has 4 nitrogen and oxygen atoms in total. The van der Waals surface area contributed by atoms with Gasteiger partial charge in [-0.1, -0.05) is 11.6 Å². The number of benzene rings is 1. The fraction of sp³-hybridized carbons (Fsp3) is 0.0909. The third-order valence-electron chi connectivity index (χ3n) is 2.01. The summed E-state index contributed by atoms with van der Waals surface area (Å²) in [6, 6.07) is 9.05. The smallest absolute Gasteiger partial charge is 0.449 e. The molecule has 0 radical (unpaired) electrons. The second-order valence-electron chi connectivity index (χ2n) is 3.21. The zero-order valence-corrected chi connectivity index (χ0v) is 8.10. The summed E-state index contributed by atoms with van der Waals surface area (Å²) in [6.45, 7) is 1.99. The normalized spacial score (nSPS) is 10.2. The number of fused-ring (bicyclic) bond motifs is 1. The van der Waals surface area contributed by atoms with Gasteiger partial charge in [-0.25, -0.2) is 9.78 Å². The molecule has 0 spiro atoms. The molecule has 0 saturated carbocycles. The average molecular weight is 203 g/mol. The van der Waals surface area contributed by atoms with Crippen LogP contribution in [-0.2, 0) is 0 Å². The van der Waals surface area contributed by atoms with Crippen molar-refractivity contribution in [1.29, 1.82) is 0 Å². The van der Waals surface area contributed by atoms with Crippen molar-refractivity contribution in [2.75, 3.05) is 0 Å². The number of aryl methyl sites for hydroxylation is 1. The molecule has 0 aliphatic heterocycles. The van der Waals surface area contributed by atoms with Gasteiger partial charge in [0.1, 0.15) is 0 Å². The van der Waals surface area contributed by atoms with Gasteiger partial charge in [-0.05, 0) is 25.1 Å². The predicted molar refractivity (Wildman–Crippen MR) is 55.1 cm³/mol. The highest BCUT2D eigenvalue weighted by Crippen LogP contribution is 2.17. The summed E-state index contributed by atoms with van der Waals surface area (Å²) in [5.74, 6) is 0.0962. The van der Waals surface area contributed by atoms with Gasteiger partial charge >= 0.3 is 6.16 Å². The largest absolute Gasteiger partial charge is 0.512 e. The predicted octanol–water partition coefficient (Wildman–Crippen LogP) is 2.60. The molecule has 0 atom stereocenters. The van der Waals surface area contributed by atoms with Crippen LogP contribution >= 0.6 is 0 Å². The van der Waals surface area contributed by atoms with Gasteiger partial charge in [0.25, 0.3) is 0 Å². The third-order valence-corrected chi connectivity index (χ3v) is 2.01. The van der Waals surface area contributed by atoms with Crippen molar-refractivity contribution in [1.82, 2.24) is 4.98 Å². The first-order valence-electron chi connectivity index (χ1n) is 4.43. The zero-order chi connectivity index (χ0) is 10.8. The van der Waals surface area contributed by atoms with Crippen molar-refractivity contribution < 1.29 is 14.6 Å². The summed E-state index contributed by atoms with van der Waals surface area (Å²) in [5.41, 5.74) is 1.86. The average Bonchev–Trinajstić information content (AvgIpc) is 2.17. The lowest BCUT2D eigenvalue weighted by Crippen LogP contribution is -2.04. The lowest BCUT2D eigenvalue weighted by Gasteiger charge is -2.01. The standard InChI is InChI=1S/C11H9NO3/c1-7-2-4-9-8(6-7)3-5-10(12-9)15-11(13)14/h2-6H,1H3,(H,13,14). The van der Waals surface area contributed by atoms with E-state index in [1.807, 2.05) is 25.1 Å². The Kier molecular flexibility index (Phi) is 2.25. The van der Waals surface area contributed by atoms with Crippen molar-refractivity contribution in [3.63, 3.8) is 0 Å². The fourth-order valence-corrected chi connectivity index (χ4v) is 1.37. The number of carboxylic acid groups (broad SMARTS) is 1. The molecular formula is C11H9NO3. The number of hydrogen-bond donors (Lipinski definition) is 1. The first kappa shape index (κ1) is 9.45. The maximum absolute atomic E-state index is 10.3. The van der Waals surface area contributed by atoms with Crippen LogP contribution in [0, 0.1) is 6.92 Å². The van der Waals surface area contributed by atoms with Crippen molar-refractivity contribution in [2.45, 2.75) is 6.92 Å². The van der Waals surface area contributed by atoms with E-state index >= 15 is 0 Å². The van der Waals surface area contributed by atoms with Crippen LogP contribution in [0.15, 0.2) is 30.3 Å². The van der Waals surface area contributed by atoms with Crippen LogP contribution < -0.4 is 4.74 Å². The minimum Gasteiger partial charge on any atom is -0.449 e. The lowest BCUT2D eigenvalue weighted by molar-refractivity contribution is 0.142. The first-order valence-corrected chi connectivity index (χ1v) is 4.43. The summed E-state index contributed by atoms with van der Waals surface area (Å²) < 4.78 is 4.46. The maximum atomic E-state index is 10.3. The topological polar surface area (TPSA) is 59.4 Å². The molecule has 1 aromatic heterocycles. The highest BCUT2D eigenvalue weighted by Gasteiger charge is 2.03. The van der Waals surface area contributed by atoms with E-state index in [1.165, 1.54) is 6.07 Å². The van der Waals surface area contributed by atoms with Crippen molar-refractivity contribution >= 4 is 17.1 Å². The number of nitrogens with zero attached hydrogens (tertiary/aromatic N) is 1. The minimum absolute atomic E-state index is 0.0962. The Morgan fingerprint density at radius 2 is 2.13 bits per heavy atom. The van der Waals surface area contributed by atoms with Crippen LogP contribution in [0.3, 0.4) is 0 Å². The summed E-state index contributed by atoms with van der Waals surface area (Å²) in [6.07, 6.45) is -1.35. The number of ether oxygens (including phenoxy) is 1. The van der Waals surface area contributed by atoms with Gasteiger partial charge in [-0.15, -0.1) is 0 Å². The Hall–Kier alpha value is -2.10. The number of pyridine rings is 1. The van der Waals surface area contributed by atoms with Gasteiger partial charge in [0.05, 0.1) is 5.52 Å². The molecule has 0 aliphatic rings. The van der Waals surface area contributed by atoms with E-state index in [-0.39, 0.29) is 5.88 Å². The van der Waals surface area contributed by atoms with Crippen molar-refractivity contribution in [2.24, 2.45) is 0 Å². The Morgan fingerprint density at radius 1 is 1.33 bits per heavy atom. The highest BCUT2D eigenvalue weighted by atomic mass is 16.7. The number of rotatable bonds is 1. The molecule has 2 aromatic rings. The molecular weight excluding hydrogens is 194 g/mol. The fourth-order valence-electron chi connectivity index (χ4n) is 1.37. The van der Waals surface area contributed by atoms with Gasteiger partial charge < -0.3 is 9.84 Å². The van der Waals surface area contributed by atoms with Gasteiger partial charge in [0, 0.05) is 11.5 Å². The van der Waals surface area contributed by atoms with Gasteiger partial charge in [0.15, 0.2) is 0 Å². The van der Waals surface area contributed by atoms with Gasteiger partial charge in [0.2, 0.25) is 5.88 Å². The second kappa shape index (κ2) is 3.57. The summed E-state index contributed by atoms with van der Waals surface area (Å²) >= 11 is 0. The van der Waals surface area contributed by atoms with Crippen LogP contribution in [0.2, 0.25) is 0 Å². The van der Waals surface area contributed by atoms with E-state index in [0.717, 1.165) is 16.5 Å². The Bertz CT molecular complexity index is 522. The molecule has 0 aliphatic carbocycles. The lowest BCUT2D eigenvalue weighted by atomic mass is 10.1. The summed E-state index contributed by atoms with van der Waals surface area (Å²) in [7, 11) is 0. The molecule has 4 heteroatoms. The van der Waals surface area contributed by atoms with E-state index in [9.17, 15) is 4.79 Å². The van der Waals surface area contributed by atoms with Crippen LogP contribution in [-0.4, -0.2) is 16.2 Å². The van der Waals surface area contributed by atoms with Crippen LogP contribution in [0.25, 0.3) is 10.9 Å². The van der Waals surface area contributed by atoms with E-state index in [1.54, 1.807) is 6.07 Å². The van der Waals surface area contributed by atoms with Gasteiger partial charge in [-0.2, -0.15) is 0 Å². The van der Waals surface area contributed by atoms with Crippen LogP contribution in [0.4, 0.5) is 4.79 Å². The van der Waals surface area contributed by atoms with Crippen molar-refractivity contribution in [3.8, 4) is 5.88 Å². The van der Waals surface area contributed by atoms with Gasteiger partial charge in [-0.3, -0.25) is 0 Å². The quantitative estimate of drug-likeness (QED) is 0.723. The monoisotopic (exact) mass is 203 g/mol. The molecule has 2 rings (SSSR count). The molecule has 0 saturated heterocycles. The molecule has 0 fully saturated rings. The second-order valence-corrected chi connectivity index (χ2v) is 3.21. The molecule has 0 bridgehead atoms. The summed E-state index contributed by atoms with van der Waals surface area (Å²) in [5, 5.41) is 9.39. The third kappa shape index (κ3) is 2.04. The molecule has 0 unspecified atom stereocenters. The molecule has 1 heterocycles. The minimum atomic E-state index is -1.35. The Labute approximate surface area is 86.1 Å². The van der Waals surface area contributed by atoms with Crippen LogP contribution in [0.5, 0.6) is 5.88 Å². The van der Waals surface area contributed by atoms with Crippen molar-refractivity contribution in [3.05, 3.63) is 35.9 Å². The highest BCUT2D eigenvalue weighted by molar-refractivity contribution is 5.80. The first-order chi connectivity index (χ1) is 7.15. The van der Waals surface area contributed by atoms with E-state index in [0.29, 0.717) is 0 Å². The zero-order valence-electron chi connectivity index (χ0n) is 8.10. The molecule has 1 aromatic carbocycles. The van der Waals surface area contributed by atoms with E-state index < -0.39 is 6.16 Å². The number of carbonyl (C=O) groups is 1. The molecule has 0 amide bonds. The summed E-state index contributed by atoms with van der Waals surface area (Å²) in [4.78, 5) is 14.4.